The van der Waals surface area contributed by atoms with Gasteiger partial charge in [-0.2, -0.15) is 0 Å². The molecule has 18 heavy (non-hydrogen) atoms. The predicted octanol–water partition coefficient (Wildman–Crippen LogP) is 3.43. The highest BCUT2D eigenvalue weighted by atomic mass is 35.5. The molecule has 0 aromatic heterocycles. The van der Waals surface area contributed by atoms with Crippen LogP contribution in [0, 0.1) is 27.7 Å². The first kappa shape index (κ1) is 22.1. The third-order valence-corrected chi connectivity index (χ3v) is 2.65. The summed E-state index contributed by atoms with van der Waals surface area (Å²) in [5.74, 6) is 0.996. The van der Waals surface area contributed by atoms with Crippen LogP contribution in [0.1, 0.15) is 22.3 Å². The molecule has 3 nitrogen and oxygen atoms in total. The normalized spacial score (nSPS) is 7.94. The Bertz CT molecular complexity index is 338. The fourth-order valence-electron chi connectivity index (χ4n) is 1.39. The van der Waals surface area contributed by atoms with Crippen LogP contribution in [0.25, 0.3) is 0 Å². The lowest BCUT2D eigenvalue weighted by Crippen LogP contribution is -1.95. The van der Waals surface area contributed by atoms with Crippen LogP contribution in [0.5, 0.6) is 5.75 Å². The molecule has 1 rings (SSSR count). The first-order valence-corrected chi connectivity index (χ1v) is 5.29. The summed E-state index contributed by atoms with van der Waals surface area (Å²) in [6, 6.07) is 2.09. The Balaban J connectivity index is -0.000000329. The molecule has 0 heterocycles. The van der Waals surface area contributed by atoms with Crippen LogP contribution in [0.15, 0.2) is 6.07 Å². The topological polar surface area (TPSA) is 35.5 Å². The zero-order chi connectivity index (χ0) is 14.0. The Morgan fingerprint density at radius 2 is 1.28 bits per heavy atom. The second kappa shape index (κ2) is 12.4. The quantitative estimate of drug-likeness (QED) is 0.788. The van der Waals surface area contributed by atoms with Gasteiger partial charge in [0.1, 0.15) is 12.5 Å². The summed E-state index contributed by atoms with van der Waals surface area (Å²) in [5.41, 5.74) is 5.26. The zero-order valence-electron chi connectivity index (χ0n) is 12.4. The molecule has 0 N–H and O–H groups in total. The lowest BCUT2D eigenvalue weighted by molar-refractivity contribution is -0.0979. The summed E-state index contributed by atoms with van der Waals surface area (Å²) in [6.07, 6.45) is 0. The Kier molecular flexibility index (Phi) is 15.3. The molecular formula is C14H25ClO3. The monoisotopic (exact) mass is 276 g/mol. The average Bonchev–Trinajstić information content (AvgIpc) is 2.34. The summed E-state index contributed by atoms with van der Waals surface area (Å²) in [5, 5.41) is 0. The molecular weight excluding hydrogens is 252 g/mol. The van der Waals surface area contributed by atoms with Gasteiger partial charge < -0.3 is 14.3 Å². The van der Waals surface area contributed by atoms with E-state index in [-0.39, 0.29) is 12.4 Å². The van der Waals surface area contributed by atoms with Gasteiger partial charge in [-0.15, -0.1) is 12.4 Å². The van der Waals surface area contributed by atoms with Gasteiger partial charge in [-0.25, -0.2) is 0 Å². The van der Waals surface area contributed by atoms with Crippen LogP contribution in [0.3, 0.4) is 0 Å². The molecule has 0 amide bonds. The Labute approximate surface area is 117 Å². The second-order valence-corrected chi connectivity index (χ2v) is 3.68. The van der Waals surface area contributed by atoms with Crippen molar-refractivity contribution in [2.75, 3.05) is 21.3 Å². The molecule has 0 saturated heterocycles. The van der Waals surface area contributed by atoms with Crippen LogP contribution in [0.4, 0.5) is 0 Å². The second-order valence-electron chi connectivity index (χ2n) is 3.68. The van der Waals surface area contributed by atoms with Crippen LogP contribution in [0.2, 0.25) is 0 Å². The minimum absolute atomic E-state index is 0. The van der Waals surface area contributed by atoms with E-state index < -0.39 is 0 Å². The number of carbonyl (C=O) groups is 1. The first-order valence-electron chi connectivity index (χ1n) is 5.29. The summed E-state index contributed by atoms with van der Waals surface area (Å²) < 4.78 is 9.51. The average molecular weight is 277 g/mol. The highest BCUT2D eigenvalue weighted by molar-refractivity contribution is 5.85. The molecule has 0 unspecified atom stereocenters. The van der Waals surface area contributed by atoms with Gasteiger partial charge >= 0.3 is 0 Å². The summed E-state index contributed by atoms with van der Waals surface area (Å²) in [6.45, 7) is 10.5. The third kappa shape index (κ3) is 6.62. The summed E-state index contributed by atoms with van der Waals surface area (Å²) in [4.78, 5) is 8.00. The van der Waals surface area contributed by atoms with Gasteiger partial charge in [0.25, 0.3) is 0 Å². The van der Waals surface area contributed by atoms with Crippen molar-refractivity contribution in [3.05, 3.63) is 28.3 Å². The third-order valence-electron chi connectivity index (χ3n) is 2.65. The van der Waals surface area contributed by atoms with Crippen molar-refractivity contribution in [1.29, 1.82) is 0 Å². The molecule has 1 aromatic carbocycles. The molecule has 1 aromatic rings. The van der Waals surface area contributed by atoms with Crippen molar-refractivity contribution >= 4 is 19.2 Å². The number of carbonyl (C=O) groups excluding carboxylic acids is 1. The minimum atomic E-state index is 0. The van der Waals surface area contributed by atoms with Crippen molar-refractivity contribution in [1.82, 2.24) is 0 Å². The maximum absolute atomic E-state index is 8.00. The zero-order valence-corrected chi connectivity index (χ0v) is 13.2. The van der Waals surface area contributed by atoms with Crippen LogP contribution in [-0.4, -0.2) is 28.1 Å². The number of rotatable bonds is 1. The van der Waals surface area contributed by atoms with E-state index in [1.54, 1.807) is 21.3 Å². The fraction of sp³-hybridized carbons (Fsp3) is 0.500. The van der Waals surface area contributed by atoms with Gasteiger partial charge in [0, 0.05) is 14.2 Å². The van der Waals surface area contributed by atoms with Crippen LogP contribution >= 0.6 is 12.4 Å². The van der Waals surface area contributed by atoms with Gasteiger partial charge in [-0.3, -0.25) is 0 Å². The van der Waals surface area contributed by atoms with E-state index in [0.29, 0.717) is 0 Å². The number of ether oxygens (including phenoxy) is 2. The number of hydrogen-bond acceptors (Lipinski definition) is 3. The highest BCUT2D eigenvalue weighted by Crippen LogP contribution is 2.26. The van der Waals surface area contributed by atoms with E-state index in [4.69, 9.17) is 9.53 Å². The van der Waals surface area contributed by atoms with Gasteiger partial charge in [-0.05, 0) is 56.0 Å². The smallest absolute Gasteiger partial charge is 0.122 e. The van der Waals surface area contributed by atoms with Crippen molar-refractivity contribution in [2.45, 2.75) is 27.7 Å². The summed E-state index contributed by atoms with van der Waals surface area (Å²) in [7, 11) is 4.97. The molecule has 0 fully saturated rings. The standard InChI is InChI=1S/C11H16O.C2H6O.CH2O.ClH/c1-7-6-11(12-5)10(4)9(3)8(7)2;1-3-2;1-2;/h6H,1-5H3;1-2H3;1H2;1H. The number of aryl methyl sites for hydroxylation is 1. The van der Waals surface area contributed by atoms with E-state index in [9.17, 15) is 0 Å². The van der Waals surface area contributed by atoms with Gasteiger partial charge in [0.05, 0.1) is 7.11 Å². The maximum atomic E-state index is 8.00. The predicted molar refractivity (Wildman–Crippen MR) is 79.2 cm³/mol. The maximum Gasteiger partial charge on any atom is 0.122 e. The largest absolute Gasteiger partial charge is 0.496 e. The molecule has 0 bridgehead atoms. The van der Waals surface area contributed by atoms with E-state index in [2.05, 4.69) is 38.5 Å². The van der Waals surface area contributed by atoms with Crippen molar-refractivity contribution < 1.29 is 14.3 Å². The Hall–Kier alpha value is -1.06. The molecule has 0 saturated carbocycles. The van der Waals surface area contributed by atoms with E-state index in [1.165, 1.54) is 22.3 Å². The molecule has 0 aliphatic carbocycles. The number of methoxy groups -OCH3 is 2. The van der Waals surface area contributed by atoms with E-state index in [1.807, 2.05) is 6.79 Å². The number of benzene rings is 1. The molecule has 0 radical (unpaired) electrons. The lowest BCUT2D eigenvalue weighted by atomic mass is 9.99. The molecule has 0 aliphatic heterocycles. The Morgan fingerprint density at radius 1 is 0.889 bits per heavy atom. The number of halogens is 1. The van der Waals surface area contributed by atoms with Gasteiger partial charge in [0.15, 0.2) is 0 Å². The lowest BCUT2D eigenvalue weighted by Gasteiger charge is -2.12. The first-order chi connectivity index (χ1) is 7.99. The van der Waals surface area contributed by atoms with E-state index in [0.717, 1.165) is 5.75 Å². The molecule has 0 spiro atoms. The van der Waals surface area contributed by atoms with Gasteiger partial charge in [0.2, 0.25) is 0 Å². The van der Waals surface area contributed by atoms with Crippen LogP contribution in [-0.2, 0) is 9.53 Å². The minimum Gasteiger partial charge on any atom is -0.496 e. The Morgan fingerprint density at radius 3 is 1.61 bits per heavy atom. The van der Waals surface area contributed by atoms with Crippen molar-refractivity contribution in [3.63, 3.8) is 0 Å². The molecule has 0 atom stereocenters. The van der Waals surface area contributed by atoms with E-state index >= 15 is 0 Å². The fourth-order valence-corrected chi connectivity index (χ4v) is 1.39. The van der Waals surface area contributed by atoms with Crippen molar-refractivity contribution in [3.8, 4) is 5.75 Å². The molecule has 106 valence electrons. The highest BCUT2D eigenvalue weighted by Gasteiger charge is 2.06. The summed E-state index contributed by atoms with van der Waals surface area (Å²) >= 11 is 0. The van der Waals surface area contributed by atoms with Gasteiger partial charge in [-0.1, -0.05) is 0 Å². The molecule has 0 aliphatic rings. The number of hydrogen-bond donors (Lipinski definition) is 0. The van der Waals surface area contributed by atoms with Crippen LogP contribution < -0.4 is 4.74 Å². The van der Waals surface area contributed by atoms with Crippen molar-refractivity contribution in [2.24, 2.45) is 0 Å². The molecule has 4 heteroatoms. The SMILES string of the molecule is C=O.COC.COc1cc(C)c(C)c(C)c1C.Cl.